The molecule has 0 unspecified atom stereocenters. The molecular weight excluding hydrogens is 546 g/mol. The first-order valence-corrected chi connectivity index (χ1v) is 15.6. The fourth-order valence-electron chi connectivity index (χ4n) is 7.50. The predicted octanol–water partition coefficient (Wildman–Crippen LogP) is 12.2. The zero-order chi connectivity index (χ0) is 30.1. The average molecular weight is 578 g/mol. The lowest BCUT2D eigenvalue weighted by atomic mass is 9.82. The summed E-state index contributed by atoms with van der Waals surface area (Å²) in [6.07, 6.45) is 0. The summed E-state index contributed by atoms with van der Waals surface area (Å²) in [6, 6.07) is 54.5. The summed E-state index contributed by atoms with van der Waals surface area (Å²) in [5, 5.41) is 4.73. The lowest BCUT2D eigenvalue weighted by molar-refractivity contribution is 0.660. The number of anilines is 3. The van der Waals surface area contributed by atoms with Crippen LogP contribution in [0, 0.1) is 0 Å². The molecule has 0 saturated heterocycles. The Morgan fingerprint density at radius 3 is 1.91 bits per heavy atom. The minimum absolute atomic E-state index is 0.0312. The van der Waals surface area contributed by atoms with Crippen molar-refractivity contribution in [2.45, 2.75) is 19.3 Å². The zero-order valence-electron chi connectivity index (χ0n) is 25.3. The third-order valence-electron chi connectivity index (χ3n) is 9.65. The molecule has 0 N–H and O–H groups in total. The first-order valence-electron chi connectivity index (χ1n) is 15.6. The SMILES string of the molecule is CC1(C)c2ccccc2-c2cc(N(c3ccccc3)c3ccc4c(c3)oc3cc(-c5ccccc5)c5ccccc5c34)ccc21. The number of furan rings is 1. The first kappa shape index (κ1) is 25.9. The molecule has 2 nitrogen and oxygen atoms in total. The number of hydrogen-bond acceptors (Lipinski definition) is 2. The number of para-hydroxylation sites is 1. The summed E-state index contributed by atoms with van der Waals surface area (Å²) in [7, 11) is 0. The van der Waals surface area contributed by atoms with Crippen molar-refractivity contribution in [3.8, 4) is 22.3 Å². The van der Waals surface area contributed by atoms with E-state index in [1.165, 1.54) is 44.2 Å². The van der Waals surface area contributed by atoms with Crippen LogP contribution in [0.3, 0.4) is 0 Å². The van der Waals surface area contributed by atoms with Gasteiger partial charge in [-0.3, -0.25) is 0 Å². The van der Waals surface area contributed by atoms with Gasteiger partial charge in [0.1, 0.15) is 11.2 Å². The Bertz CT molecular complexity index is 2400. The fourth-order valence-corrected chi connectivity index (χ4v) is 7.50. The minimum atomic E-state index is -0.0312. The third kappa shape index (κ3) is 3.89. The molecule has 7 aromatic carbocycles. The highest BCUT2D eigenvalue weighted by atomic mass is 16.3. The van der Waals surface area contributed by atoms with Gasteiger partial charge in [-0.2, -0.15) is 0 Å². The molecule has 0 amide bonds. The van der Waals surface area contributed by atoms with E-state index in [-0.39, 0.29) is 5.41 Å². The van der Waals surface area contributed by atoms with Gasteiger partial charge >= 0.3 is 0 Å². The molecule has 45 heavy (non-hydrogen) atoms. The summed E-state index contributed by atoms with van der Waals surface area (Å²) in [5.41, 5.74) is 12.8. The van der Waals surface area contributed by atoms with E-state index in [2.05, 4.69) is 170 Å². The summed E-state index contributed by atoms with van der Waals surface area (Å²) in [5.74, 6) is 0. The molecule has 0 saturated carbocycles. The fraction of sp³-hybridized carbons (Fsp3) is 0.0698. The molecule has 9 rings (SSSR count). The monoisotopic (exact) mass is 577 g/mol. The first-order chi connectivity index (χ1) is 22.1. The zero-order valence-corrected chi connectivity index (χ0v) is 25.3. The Kier molecular flexibility index (Phi) is 5.58. The van der Waals surface area contributed by atoms with Crippen LogP contribution in [0.1, 0.15) is 25.0 Å². The molecule has 0 radical (unpaired) electrons. The normalized spacial score (nSPS) is 13.3. The molecular formula is C43H31NO. The van der Waals surface area contributed by atoms with Crippen molar-refractivity contribution in [1.29, 1.82) is 0 Å². The van der Waals surface area contributed by atoms with Crippen LogP contribution in [0.15, 0.2) is 156 Å². The summed E-state index contributed by atoms with van der Waals surface area (Å²) >= 11 is 0. The van der Waals surface area contributed by atoms with E-state index in [0.29, 0.717) is 0 Å². The molecule has 0 bridgehead atoms. The lowest BCUT2D eigenvalue weighted by Crippen LogP contribution is -2.15. The summed E-state index contributed by atoms with van der Waals surface area (Å²) < 4.78 is 6.71. The van der Waals surface area contributed by atoms with Crippen LogP contribution in [0.25, 0.3) is 55.0 Å². The van der Waals surface area contributed by atoms with Crippen molar-refractivity contribution in [2.75, 3.05) is 4.90 Å². The van der Waals surface area contributed by atoms with Gasteiger partial charge in [0.15, 0.2) is 0 Å². The van der Waals surface area contributed by atoms with Crippen molar-refractivity contribution >= 4 is 49.8 Å². The van der Waals surface area contributed by atoms with E-state index in [1.807, 2.05) is 0 Å². The quantitative estimate of drug-likeness (QED) is 0.207. The third-order valence-corrected chi connectivity index (χ3v) is 9.65. The number of nitrogens with zero attached hydrogens (tertiary/aromatic N) is 1. The van der Waals surface area contributed by atoms with Crippen LogP contribution in [0.2, 0.25) is 0 Å². The van der Waals surface area contributed by atoms with Gasteiger partial charge in [0, 0.05) is 39.3 Å². The Balaban J connectivity index is 1.25. The molecule has 0 fully saturated rings. The summed E-state index contributed by atoms with van der Waals surface area (Å²) in [4.78, 5) is 2.34. The molecule has 8 aromatic rings. The van der Waals surface area contributed by atoms with Crippen molar-refractivity contribution in [1.82, 2.24) is 0 Å². The van der Waals surface area contributed by atoms with Gasteiger partial charge < -0.3 is 9.32 Å². The maximum atomic E-state index is 6.71. The highest BCUT2D eigenvalue weighted by molar-refractivity contribution is 6.22. The molecule has 2 heteroatoms. The molecule has 1 aliphatic carbocycles. The van der Waals surface area contributed by atoms with Gasteiger partial charge in [-0.25, -0.2) is 0 Å². The van der Waals surface area contributed by atoms with Gasteiger partial charge in [-0.05, 0) is 86.6 Å². The maximum absolute atomic E-state index is 6.71. The molecule has 0 aliphatic heterocycles. The molecule has 0 atom stereocenters. The predicted molar refractivity (Wildman–Crippen MR) is 189 cm³/mol. The molecule has 0 spiro atoms. The topological polar surface area (TPSA) is 16.4 Å². The molecule has 1 heterocycles. The second-order valence-electron chi connectivity index (χ2n) is 12.6. The Hall–Kier alpha value is -5.60. The second kappa shape index (κ2) is 9.70. The Labute approximate surface area is 262 Å². The molecule has 1 aromatic heterocycles. The van der Waals surface area contributed by atoms with Crippen LogP contribution < -0.4 is 4.90 Å². The van der Waals surface area contributed by atoms with E-state index < -0.39 is 0 Å². The average Bonchev–Trinajstić information content (AvgIpc) is 3.57. The second-order valence-corrected chi connectivity index (χ2v) is 12.6. The van der Waals surface area contributed by atoms with E-state index >= 15 is 0 Å². The smallest absolute Gasteiger partial charge is 0.137 e. The largest absolute Gasteiger partial charge is 0.456 e. The standard InChI is InChI=1S/C43H31NO/c1-43(2)38-20-12-11-18-33(38)37-25-30(22-24-39(37)43)44(29-15-7-4-8-16-29)31-21-23-35-40(26-31)45-41-27-36(28-13-5-3-6-14-28)32-17-9-10-19-34(32)42(35)41/h3-27H,1-2H3. The highest BCUT2D eigenvalue weighted by Crippen LogP contribution is 2.51. The molecule has 1 aliphatic rings. The highest BCUT2D eigenvalue weighted by Gasteiger charge is 2.35. The van der Waals surface area contributed by atoms with Crippen LogP contribution >= 0.6 is 0 Å². The van der Waals surface area contributed by atoms with Gasteiger partial charge in [0.25, 0.3) is 0 Å². The van der Waals surface area contributed by atoms with Crippen LogP contribution in [-0.2, 0) is 5.41 Å². The van der Waals surface area contributed by atoms with E-state index in [9.17, 15) is 0 Å². The van der Waals surface area contributed by atoms with E-state index in [4.69, 9.17) is 4.42 Å². The number of rotatable bonds is 4. The van der Waals surface area contributed by atoms with Gasteiger partial charge in [-0.1, -0.05) is 117 Å². The van der Waals surface area contributed by atoms with Crippen LogP contribution in [-0.4, -0.2) is 0 Å². The van der Waals surface area contributed by atoms with Crippen molar-refractivity contribution in [3.05, 3.63) is 163 Å². The van der Waals surface area contributed by atoms with E-state index in [1.54, 1.807) is 0 Å². The van der Waals surface area contributed by atoms with Crippen LogP contribution in [0.4, 0.5) is 17.1 Å². The summed E-state index contributed by atoms with van der Waals surface area (Å²) in [6.45, 7) is 4.66. The van der Waals surface area contributed by atoms with Crippen molar-refractivity contribution in [3.63, 3.8) is 0 Å². The van der Waals surface area contributed by atoms with E-state index in [0.717, 1.165) is 39.0 Å². The van der Waals surface area contributed by atoms with Crippen molar-refractivity contribution < 1.29 is 4.42 Å². The van der Waals surface area contributed by atoms with Crippen molar-refractivity contribution in [2.24, 2.45) is 0 Å². The number of benzene rings is 7. The Morgan fingerprint density at radius 2 is 1.09 bits per heavy atom. The molecule has 214 valence electrons. The van der Waals surface area contributed by atoms with Gasteiger partial charge in [0.2, 0.25) is 0 Å². The maximum Gasteiger partial charge on any atom is 0.137 e. The van der Waals surface area contributed by atoms with Gasteiger partial charge in [-0.15, -0.1) is 0 Å². The number of hydrogen-bond donors (Lipinski definition) is 0. The lowest BCUT2D eigenvalue weighted by Gasteiger charge is -2.27. The van der Waals surface area contributed by atoms with Crippen LogP contribution in [0.5, 0.6) is 0 Å². The number of fused-ring (bicyclic) bond motifs is 8. The minimum Gasteiger partial charge on any atom is -0.456 e. The Morgan fingerprint density at radius 1 is 0.444 bits per heavy atom. The van der Waals surface area contributed by atoms with Gasteiger partial charge in [0.05, 0.1) is 0 Å².